The maximum atomic E-state index is 10.7. The predicted octanol–water partition coefficient (Wildman–Crippen LogP) is 2.75. The summed E-state index contributed by atoms with van der Waals surface area (Å²) in [4.78, 5) is 10.7. The van der Waals surface area contributed by atoms with Gasteiger partial charge in [-0.15, -0.1) is 0 Å². The van der Waals surface area contributed by atoms with Crippen molar-refractivity contribution in [2.75, 3.05) is 18.1 Å². The maximum absolute atomic E-state index is 10.7. The molecule has 2 nitrogen and oxygen atoms in total. The van der Waals surface area contributed by atoms with E-state index in [9.17, 15) is 4.79 Å². The Hall–Kier alpha value is -1.40. The molecule has 1 N–H and O–H groups in total. The van der Waals surface area contributed by atoms with E-state index in [-0.39, 0.29) is 5.12 Å². The molecule has 0 saturated carbocycles. The Morgan fingerprint density at radius 3 is 3.00 bits per heavy atom. The summed E-state index contributed by atoms with van der Waals surface area (Å²) in [7, 11) is 1.88. The van der Waals surface area contributed by atoms with Gasteiger partial charge < -0.3 is 5.32 Å². The number of benzene rings is 1. The van der Waals surface area contributed by atoms with Crippen LogP contribution in [0, 0.1) is 11.8 Å². The fourth-order valence-electron chi connectivity index (χ4n) is 1.16. The quantitative estimate of drug-likeness (QED) is 0.643. The van der Waals surface area contributed by atoms with Crippen molar-refractivity contribution < 1.29 is 4.79 Å². The first-order valence-corrected chi connectivity index (χ1v) is 6.11. The monoisotopic (exact) mass is 233 g/mol. The molecule has 1 rings (SSSR count). The first kappa shape index (κ1) is 12.7. The Labute approximate surface area is 101 Å². The second kappa shape index (κ2) is 6.97. The lowest BCUT2D eigenvalue weighted by Crippen LogP contribution is -1.87. The number of anilines is 1. The van der Waals surface area contributed by atoms with E-state index in [1.807, 2.05) is 31.3 Å². The molecule has 16 heavy (non-hydrogen) atoms. The average Bonchev–Trinajstić information content (AvgIpc) is 2.28. The molecular formula is C13H15NOS. The number of thioether (sulfide) groups is 1. The number of carbonyl (C=O) groups is 1. The highest BCUT2D eigenvalue weighted by molar-refractivity contribution is 8.13. The van der Waals surface area contributed by atoms with Crippen LogP contribution in [0.1, 0.15) is 18.9 Å². The fraction of sp³-hybridized carbons (Fsp3) is 0.308. The van der Waals surface area contributed by atoms with Crippen molar-refractivity contribution in [2.24, 2.45) is 0 Å². The van der Waals surface area contributed by atoms with Gasteiger partial charge in [0, 0.05) is 37.4 Å². The Bertz CT molecular complexity index is 417. The summed E-state index contributed by atoms with van der Waals surface area (Å²) in [5.41, 5.74) is 2.06. The number of nitrogens with one attached hydrogen (secondary N) is 1. The fourth-order valence-corrected chi connectivity index (χ4v) is 1.65. The average molecular weight is 233 g/mol. The third kappa shape index (κ3) is 4.90. The van der Waals surface area contributed by atoms with Crippen molar-refractivity contribution in [3.8, 4) is 11.8 Å². The van der Waals surface area contributed by atoms with Crippen molar-refractivity contribution in [3.63, 3.8) is 0 Å². The number of hydrogen-bond acceptors (Lipinski definition) is 3. The van der Waals surface area contributed by atoms with Gasteiger partial charge >= 0.3 is 0 Å². The van der Waals surface area contributed by atoms with Gasteiger partial charge in [-0.3, -0.25) is 4.79 Å². The molecule has 0 aromatic heterocycles. The lowest BCUT2D eigenvalue weighted by atomic mass is 10.2. The Morgan fingerprint density at radius 1 is 1.50 bits per heavy atom. The Kier molecular flexibility index (Phi) is 5.52. The molecule has 1 aromatic rings. The summed E-state index contributed by atoms with van der Waals surface area (Å²) in [6.45, 7) is 1.58. The van der Waals surface area contributed by atoms with Crippen LogP contribution < -0.4 is 5.32 Å². The molecule has 3 heteroatoms. The van der Waals surface area contributed by atoms with Crippen molar-refractivity contribution >= 4 is 22.6 Å². The summed E-state index contributed by atoms with van der Waals surface area (Å²) in [6.07, 6.45) is 0.744. The van der Waals surface area contributed by atoms with Crippen LogP contribution >= 0.6 is 11.8 Å². The predicted molar refractivity (Wildman–Crippen MR) is 70.6 cm³/mol. The van der Waals surface area contributed by atoms with Crippen molar-refractivity contribution in [2.45, 2.75) is 13.3 Å². The second-order valence-corrected chi connectivity index (χ2v) is 4.49. The second-order valence-electron chi connectivity index (χ2n) is 3.22. The SMILES string of the molecule is CNc1cccc(C#CCCSC(C)=O)c1. The Morgan fingerprint density at radius 2 is 2.31 bits per heavy atom. The highest BCUT2D eigenvalue weighted by Gasteiger charge is 1.91. The molecule has 0 aliphatic rings. The first-order chi connectivity index (χ1) is 7.72. The first-order valence-electron chi connectivity index (χ1n) is 5.12. The molecule has 0 atom stereocenters. The molecule has 0 aliphatic heterocycles. The number of hydrogen-bond donors (Lipinski definition) is 1. The lowest BCUT2D eigenvalue weighted by molar-refractivity contribution is -0.109. The van der Waals surface area contributed by atoms with Crippen LogP contribution in [0.5, 0.6) is 0 Å². The van der Waals surface area contributed by atoms with Crippen LogP contribution in [-0.2, 0) is 4.79 Å². The van der Waals surface area contributed by atoms with Crippen LogP contribution in [0.4, 0.5) is 5.69 Å². The summed E-state index contributed by atoms with van der Waals surface area (Å²) >= 11 is 1.32. The smallest absolute Gasteiger partial charge is 0.185 e. The van der Waals surface area contributed by atoms with Gasteiger partial charge in [0.2, 0.25) is 0 Å². The van der Waals surface area contributed by atoms with Crippen LogP contribution in [0.15, 0.2) is 24.3 Å². The standard InChI is InChI=1S/C13H15NOS/c1-11(15)16-9-4-3-6-12-7-5-8-13(10-12)14-2/h5,7-8,10,14H,4,9H2,1-2H3. The largest absolute Gasteiger partial charge is 0.388 e. The van der Waals surface area contributed by atoms with E-state index < -0.39 is 0 Å². The van der Waals surface area contributed by atoms with Crippen molar-refractivity contribution in [1.29, 1.82) is 0 Å². The van der Waals surface area contributed by atoms with Crippen molar-refractivity contribution in [1.82, 2.24) is 0 Å². The van der Waals surface area contributed by atoms with E-state index in [0.29, 0.717) is 0 Å². The molecule has 0 fully saturated rings. The highest BCUT2D eigenvalue weighted by atomic mass is 32.2. The van der Waals surface area contributed by atoms with Gasteiger partial charge in [-0.1, -0.05) is 29.7 Å². The molecular weight excluding hydrogens is 218 g/mol. The minimum Gasteiger partial charge on any atom is -0.388 e. The maximum Gasteiger partial charge on any atom is 0.185 e. The molecule has 0 heterocycles. The minimum absolute atomic E-state index is 0.152. The third-order valence-electron chi connectivity index (χ3n) is 1.92. The number of rotatable bonds is 3. The van der Waals surface area contributed by atoms with Gasteiger partial charge in [-0.25, -0.2) is 0 Å². The van der Waals surface area contributed by atoms with Crippen molar-refractivity contribution in [3.05, 3.63) is 29.8 Å². The van der Waals surface area contributed by atoms with E-state index in [0.717, 1.165) is 23.4 Å². The van der Waals surface area contributed by atoms with Gasteiger partial charge in [-0.05, 0) is 18.2 Å². The summed E-state index contributed by atoms with van der Waals surface area (Å²) in [6, 6.07) is 7.95. The zero-order valence-electron chi connectivity index (χ0n) is 9.54. The summed E-state index contributed by atoms with van der Waals surface area (Å²) in [5.74, 6) is 6.91. The highest BCUT2D eigenvalue weighted by Crippen LogP contribution is 2.08. The molecule has 0 aliphatic carbocycles. The molecule has 84 valence electrons. The van der Waals surface area contributed by atoms with Crippen LogP contribution in [0.3, 0.4) is 0 Å². The summed E-state index contributed by atoms with van der Waals surface area (Å²) in [5, 5.41) is 3.22. The topological polar surface area (TPSA) is 29.1 Å². The van der Waals surface area contributed by atoms with Gasteiger partial charge in [0.25, 0.3) is 0 Å². The van der Waals surface area contributed by atoms with E-state index in [1.165, 1.54) is 11.8 Å². The molecule has 0 bridgehead atoms. The van der Waals surface area contributed by atoms with Crippen LogP contribution in [-0.4, -0.2) is 17.9 Å². The van der Waals surface area contributed by atoms with E-state index in [4.69, 9.17) is 0 Å². The lowest BCUT2D eigenvalue weighted by Gasteiger charge is -1.98. The molecule has 1 aromatic carbocycles. The van der Waals surface area contributed by atoms with E-state index in [1.54, 1.807) is 6.92 Å². The van der Waals surface area contributed by atoms with Gasteiger partial charge in [0.15, 0.2) is 5.12 Å². The third-order valence-corrected chi connectivity index (χ3v) is 2.73. The molecule has 0 spiro atoms. The van der Waals surface area contributed by atoms with Gasteiger partial charge in [0.05, 0.1) is 0 Å². The zero-order chi connectivity index (χ0) is 11.8. The van der Waals surface area contributed by atoms with Crippen LogP contribution in [0.2, 0.25) is 0 Å². The normalized spacial score (nSPS) is 9.12. The van der Waals surface area contributed by atoms with Gasteiger partial charge in [-0.2, -0.15) is 0 Å². The van der Waals surface area contributed by atoms with Crippen LogP contribution in [0.25, 0.3) is 0 Å². The minimum atomic E-state index is 0.152. The number of carbonyl (C=O) groups excluding carboxylic acids is 1. The van der Waals surface area contributed by atoms with E-state index >= 15 is 0 Å². The van der Waals surface area contributed by atoms with Gasteiger partial charge in [0.1, 0.15) is 0 Å². The Balaban J connectivity index is 2.46. The van der Waals surface area contributed by atoms with E-state index in [2.05, 4.69) is 17.2 Å². The zero-order valence-corrected chi connectivity index (χ0v) is 10.4. The summed E-state index contributed by atoms with van der Waals surface area (Å²) < 4.78 is 0. The molecule has 0 radical (unpaired) electrons. The molecule has 0 saturated heterocycles. The molecule has 0 amide bonds. The molecule has 0 unspecified atom stereocenters.